The fourth-order valence-corrected chi connectivity index (χ4v) is 5.00. The van der Waals surface area contributed by atoms with Crippen LogP contribution in [0.3, 0.4) is 0 Å². The summed E-state index contributed by atoms with van der Waals surface area (Å²) in [6.07, 6.45) is 3.17. The van der Waals surface area contributed by atoms with Gasteiger partial charge in [-0.3, -0.25) is 4.79 Å². The van der Waals surface area contributed by atoms with E-state index in [0.29, 0.717) is 11.8 Å². The topological polar surface area (TPSA) is 50.2 Å². The van der Waals surface area contributed by atoms with Gasteiger partial charge in [-0.25, -0.2) is 0 Å². The van der Waals surface area contributed by atoms with Gasteiger partial charge in [-0.1, -0.05) is 52.0 Å². The molecule has 3 nitrogen and oxygen atoms in total. The fourth-order valence-electron chi connectivity index (χ4n) is 3.90. The molecule has 2 aromatic heterocycles. The van der Waals surface area contributed by atoms with Crippen LogP contribution in [0.4, 0.5) is 0 Å². The quantitative estimate of drug-likeness (QED) is 0.132. The molecule has 5 heteroatoms. The Bertz CT molecular complexity index is 1280. The van der Waals surface area contributed by atoms with E-state index in [4.69, 9.17) is 5.11 Å². The molecule has 0 aliphatic rings. The smallest absolute Gasteiger partial charge is 0.155 e. The van der Waals surface area contributed by atoms with E-state index in [2.05, 4.69) is 75.1 Å². The Kier molecular flexibility index (Phi) is 10.6. The number of pyridine rings is 1. The zero-order valence-electron chi connectivity index (χ0n) is 21.0. The molecule has 1 radical (unpaired) electrons. The molecule has 2 heterocycles. The number of rotatable bonds is 5. The van der Waals surface area contributed by atoms with Crippen molar-refractivity contribution in [2.75, 3.05) is 0 Å². The minimum Gasteiger partial charge on any atom is -0.512 e. The molecule has 35 heavy (non-hydrogen) atoms. The van der Waals surface area contributed by atoms with Crippen LogP contribution in [-0.2, 0) is 24.9 Å². The number of carbonyl (C=O) groups excluding carboxylic acids is 1. The van der Waals surface area contributed by atoms with Crippen molar-refractivity contribution in [2.24, 2.45) is 0 Å². The molecule has 2 aromatic carbocycles. The Hall–Kier alpha value is -2.59. The zero-order valence-corrected chi connectivity index (χ0v) is 24.3. The molecule has 0 saturated carbocycles. The van der Waals surface area contributed by atoms with Crippen LogP contribution in [0.5, 0.6) is 0 Å². The van der Waals surface area contributed by atoms with Gasteiger partial charge in [-0.05, 0) is 59.5 Å². The van der Waals surface area contributed by atoms with Crippen LogP contribution in [0, 0.1) is 6.07 Å². The first-order chi connectivity index (χ1) is 16.2. The average Bonchev–Trinajstić information content (AvgIpc) is 3.21. The Morgan fingerprint density at radius 1 is 1.00 bits per heavy atom. The van der Waals surface area contributed by atoms with Gasteiger partial charge in [0.05, 0.1) is 10.5 Å². The van der Waals surface area contributed by atoms with Gasteiger partial charge in [0.25, 0.3) is 0 Å². The molecule has 0 amide bonds. The predicted octanol–water partition coefficient (Wildman–Crippen LogP) is 8.71. The molecular weight excluding hydrogens is 631 g/mol. The maximum atomic E-state index is 10.0. The van der Waals surface area contributed by atoms with Crippen molar-refractivity contribution in [2.45, 2.75) is 53.4 Å². The van der Waals surface area contributed by atoms with Crippen LogP contribution in [0.15, 0.2) is 72.6 Å². The summed E-state index contributed by atoms with van der Waals surface area (Å²) >= 11 is 1.84. The van der Waals surface area contributed by atoms with Gasteiger partial charge in [0.1, 0.15) is 0 Å². The van der Waals surface area contributed by atoms with Gasteiger partial charge in [-0.15, -0.1) is 47.2 Å². The maximum Gasteiger partial charge on any atom is 0.155 e. The molecule has 4 aromatic rings. The van der Waals surface area contributed by atoms with Crippen molar-refractivity contribution in [3.05, 3.63) is 89.8 Å². The summed E-state index contributed by atoms with van der Waals surface area (Å²) in [6, 6.07) is 22.6. The van der Waals surface area contributed by atoms with Crippen LogP contribution in [0.25, 0.3) is 31.8 Å². The Balaban J connectivity index is 0.000000476. The summed E-state index contributed by atoms with van der Waals surface area (Å²) in [6.45, 7) is 12.0. The molecule has 0 saturated heterocycles. The number of fused-ring (bicyclic) bond motifs is 1. The summed E-state index contributed by atoms with van der Waals surface area (Å²) in [5.74, 6) is 0.931. The van der Waals surface area contributed by atoms with E-state index in [9.17, 15) is 4.79 Å². The number of hydrogen-bond donors (Lipinski definition) is 1. The van der Waals surface area contributed by atoms with Crippen molar-refractivity contribution < 1.29 is 30.0 Å². The van der Waals surface area contributed by atoms with E-state index in [0.717, 1.165) is 11.3 Å². The minimum atomic E-state index is -0.125. The number of benzene rings is 2. The standard InChI is InChI=1S/C25H24NS.C5H8O2.Ir/c1-16(2)20-11-8-12-21(17(3)4)25(20)23-14-19-13-22(26-15-24(19)27-23)18-9-6-5-7-10-18;1-4(6)3-5(2)7;/h5-9,11-17H,1-4H3;3,6H,1-2H3;/q-1;;/b;4-3-;. The third-order valence-corrected chi connectivity index (χ3v) is 6.52. The molecule has 185 valence electrons. The van der Waals surface area contributed by atoms with Crippen molar-refractivity contribution >= 4 is 27.2 Å². The second-order valence-corrected chi connectivity index (χ2v) is 10.1. The second-order valence-electron chi connectivity index (χ2n) is 9.01. The SMILES string of the molecule is CC(=O)/C=C(/C)O.CC(C)c1cccc(C(C)C)c1-c1cc2cc(-c3[c-]cccc3)ncc2s1.[Ir]. The summed E-state index contributed by atoms with van der Waals surface area (Å²) < 4.78 is 1.23. The first kappa shape index (κ1) is 28.6. The third-order valence-electron chi connectivity index (χ3n) is 5.42. The maximum absolute atomic E-state index is 10.0. The largest absolute Gasteiger partial charge is 0.512 e. The predicted molar refractivity (Wildman–Crippen MR) is 145 cm³/mol. The Morgan fingerprint density at radius 3 is 2.14 bits per heavy atom. The average molecular weight is 663 g/mol. The summed E-state index contributed by atoms with van der Waals surface area (Å²) in [5, 5.41) is 9.62. The van der Waals surface area contributed by atoms with E-state index in [1.807, 2.05) is 35.7 Å². The first-order valence-corrected chi connectivity index (χ1v) is 12.4. The van der Waals surface area contributed by atoms with E-state index >= 15 is 0 Å². The number of aromatic nitrogens is 1. The van der Waals surface area contributed by atoms with Gasteiger partial charge in [0, 0.05) is 37.3 Å². The van der Waals surface area contributed by atoms with E-state index in [1.54, 1.807) is 0 Å². The van der Waals surface area contributed by atoms with Crippen molar-refractivity contribution in [1.82, 2.24) is 4.98 Å². The fraction of sp³-hybridized carbons (Fsp3) is 0.267. The molecule has 0 fully saturated rings. The number of ketones is 1. The van der Waals surface area contributed by atoms with Gasteiger partial charge < -0.3 is 10.1 Å². The number of nitrogens with zero attached hydrogens (tertiary/aromatic N) is 1. The molecule has 4 rings (SSSR count). The van der Waals surface area contributed by atoms with Crippen LogP contribution in [0.1, 0.15) is 64.5 Å². The van der Waals surface area contributed by atoms with Crippen LogP contribution >= 0.6 is 11.3 Å². The van der Waals surface area contributed by atoms with Gasteiger partial charge in [-0.2, -0.15) is 0 Å². The number of aliphatic hydroxyl groups excluding tert-OH is 1. The van der Waals surface area contributed by atoms with Crippen molar-refractivity contribution in [1.29, 1.82) is 0 Å². The first-order valence-electron chi connectivity index (χ1n) is 11.5. The molecule has 0 aliphatic carbocycles. The van der Waals surface area contributed by atoms with Gasteiger partial charge >= 0.3 is 0 Å². The van der Waals surface area contributed by atoms with Gasteiger partial charge in [0.2, 0.25) is 0 Å². The zero-order chi connectivity index (χ0) is 24.8. The molecule has 0 spiro atoms. The molecule has 0 atom stereocenters. The normalized spacial score (nSPS) is 11.3. The van der Waals surface area contributed by atoms with E-state index in [1.165, 1.54) is 51.6 Å². The summed E-state index contributed by atoms with van der Waals surface area (Å²) in [4.78, 5) is 16.0. The van der Waals surface area contributed by atoms with Crippen molar-refractivity contribution in [3.63, 3.8) is 0 Å². The summed E-state index contributed by atoms with van der Waals surface area (Å²) in [5.41, 5.74) is 6.29. The van der Waals surface area contributed by atoms with Crippen LogP contribution in [-0.4, -0.2) is 15.9 Å². The van der Waals surface area contributed by atoms with E-state index in [-0.39, 0.29) is 31.6 Å². The Labute approximate surface area is 226 Å². The Morgan fingerprint density at radius 2 is 1.66 bits per heavy atom. The molecule has 0 aliphatic heterocycles. The number of aliphatic hydroxyl groups is 1. The molecular formula is C30H32IrNO2S-. The minimum absolute atomic E-state index is 0. The number of allylic oxidation sites excluding steroid dienone is 2. The molecule has 1 N–H and O–H groups in total. The van der Waals surface area contributed by atoms with Crippen LogP contribution < -0.4 is 0 Å². The third kappa shape index (κ3) is 7.44. The molecule has 0 bridgehead atoms. The van der Waals surface area contributed by atoms with E-state index < -0.39 is 0 Å². The number of thiophene rings is 1. The van der Waals surface area contributed by atoms with Gasteiger partial charge in [0.15, 0.2) is 5.78 Å². The number of hydrogen-bond acceptors (Lipinski definition) is 4. The van der Waals surface area contributed by atoms with Crippen LogP contribution in [0.2, 0.25) is 0 Å². The molecule has 0 unspecified atom stereocenters. The number of carbonyl (C=O) groups is 1. The second kappa shape index (κ2) is 12.9. The monoisotopic (exact) mass is 663 g/mol. The summed E-state index contributed by atoms with van der Waals surface area (Å²) in [7, 11) is 0. The van der Waals surface area contributed by atoms with Crippen molar-refractivity contribution in [3.8, 4) is 21.7 Å².